The summed E-state index contributed by atoms with van der Waals surface area (Å²) in [5.41, 5.74) is 6.82. The number of amides is 2. The quantitative estimate of drug-likeness (QED) is 0.719. The van der Waals surface area contributed by atoms with Gasteiger partial charge in [0, 0.05) is 23.0 Å². The topological polar surface area (TPSA) is 103 Å². The summed E-state index contributed by atoms with van der Waals surface area (Å²) in [7, 11) is 3.07. The number of carbonyl (C=O) groups excluding carboxylic acids is 2. The fourth-order valence-electron chi connectivity index (χ4n) is 2.08. The highest BCUT2D eigenvalue weighted by molar-refractivity contribution is 5.95. The second-order valence-corrected chi connectivity index (χ2v) is 4.92. The Hall–Kier alpha value is -3.22. The second-order valence-electron chi connectivity index (χ2n) is 4.92. The standard InChI is InChI=1S/C17H19N3O4/c1-23-14-7-6-13(9-15(14)24-2)20-16(21)10-19-12-5-3-4-11(8-12)17(18)22/h3-9,19H,10H2,1-2H3,(H2,18,22)(H,20,21). The normalized spacial score (nSPS) is 9.92. The van der Waals surface area contributed by atoms with E-state index in [1.807, 2.05) is 0 Å². The van der Waals surface area contributed by atoms with Crippen LogP contribution in [0.1, 0.15) is 10.4 Å². The number of ether oxygens (including phenoxy) is 2. The summed E-state index contributed by atoms with van der Waals surface area (Å²) in [5, 5.41) is 5.68. The highest BCUT2D eigenvalue weighted by Gasteiger charge is 2.08. The molecule has 0 fully saturated rings. The van der Waals surface area contributed by atoms with Crippen molar-refractivity contribution in [3.63, 3.8) is 0 Å². The summed E-state index contributed by atoms with van der Waals surface area (Å²) in [4.78, 5) is 23.2. The van der Waals surface area contributed by atoms with Gasteiger partial charge in [0.2, 0.25) is 11.8 Å². The van der Waals surface area contributed by atoms with Gasteiger partial charge < -0.3 is 25.8 Å². The summed E-state index contributed by atoms with van der Waals surface area (Å²) < 4.78 is 10.3. The van der Waals surface area contributed by atoms with E-state index in [9.17, 15) is 9.59 Å². The van der Waals surface area contributed by atoms with Gasteiger partial charge in [0.25, 0.3) is 0 Å². The molecule has 0 aliphatic heterocycles. The van der Waals surface area contributed by atoms with Gasteiger partial charge >= 0.3 is 0 Å². The molecule has 2 amide bonds. The molecule has 0 aliphatic rings. The molecule has 126 valence electrons. The summed E-state index contributed by atoms with van der Waals surface area (Å²) in [5.74, 6) is 0.342. The number of nitrogens with one attached hydrogen (secondary N) is 2. The van der Waals surface area contributed by atoms with E-state index in [2.05, 4.69) is 10.6 Å². The first-order chi connectivity index (χ1) is 11.5. The van der Waals surface area contributed by atoms with Crippen LogP contribution < -0.4 is 25.8 Å². The molecule has 2 aromatic carbocycles. The second kappa shape index (κ2) is 7.87. The Balaban J connectivity index is 1.96. The van der Waals surface area contributed by atoms with Gasteiger partial charge in [0.15, 0.2) is 11.5 Å². The first kappa shape index (κ1) is 17.1. The molecule has 0 saturated heterocycles. The lowest BCUT2D eigenvalue weighted by Gasteiger charge is -2.11. The number of hydrogen-bond acceptors (Lipinski definition) is 5. The zero-order valence-electron chi connectivity index (χ0n) is 13.5. The third kappa shape index (κ3) is 4.39. The Morgan fingerprint density at radius 1 is 1.00 bits per heavy atom. The SMILES string of the molecule is COc1ccc(NC(=O)CNc2cccc(C(N)=O)c2)cc1OC. The van der Waals surface area contributed by atoms with Crippen LogP contribution in [-0.2, 0) is 4.79 Å². The van der Waals surface area contributed by atoms with Crippen LogP contribution in [0.15, 0.2) is 42.5 Å². The van der Waals surface area contributed by atoms with Crippen LogP contribution in [0.5, 0.6) is 11.5 Å². The van der Waals surface area contributed by atoms with Crippen molar-refractivity contribution in [1.82, 2.24) is 0 Å². The number of anilines is 2. The van der Waals surface area contributed by atoms with Gasteiger partial charge in [-0.15, -0.1) is 0 Å². The minimum atomic E-state index is -0.520. The monoisotopic (exact) mass is 329 g/mol. The Morgan fingerprint density at radius 2 is 1.75 bits per heavy atom. The molecule has 2 rings (SSSR count). The Bertz CT molecular complexity index is 746. The summed E-state index contributed by atoms with van der Waals surface area (Å²) in [6.07, 6.45) is 0. The van der Waals surface area contributed by atoms with Crippen LogP contribution >= 0.6 is 0 Å². The van der Waals surface area contributed by atoms with Crippen LogP contribution in [0.3, 0.4) is 0 Å². The molecule has 4 N–H and O–H groups in total. The van der Waals surface area contributed by atoms with Gasteiger partial charge in [-0.05, 0) is 30.3 Å². The lowest BCUT2D eigenvalue weighted by molar-refractivity contribution is -0.114. The maximum absolute atomic E-state index is 12.0. The van der Waals surface area contributed by atoms with Crippen molar-refractivity contribution in [2.75, 3.05) is 31.4 Å². The van der Waals surface area contributed by atoms with Crippen molar-refractivity contribution in [2.45, 2.75) is 0 Å². The molecule has 0 bridgehead atoms. The lowest BCUT2D eigenvalue weighted by atomic mass is 10.2. The molecule has 0 saturated carbocycles. The molecule has 0 atom stereocenters. The Morgan fingerprint density at radius 3 is 2.42 bits per heavy atom. The molecule has 0 radical (unpaired) electrons. The van der Waals surface area contributed by atoms with Crippen LogP contribution in [0.4, 0.5) is 11.4 Å². The largest absolute Gasteiger partial charge is 0.493 e. The van der Waals surface area contributed by atoms with Gasteiger partial charge in [0.1, 0.15) is 0 Å². The van der Waals surface area contributed by atoms with Crippen molar-refractivity contribution < 1.29 is 19.1 Å². The number of hydrogen-bond donors (Lipinski definition) is 3. The van der Waals surface area contributed by atoms with Crippen LogP contribution in [0.2, 0.25) is 0 Å². The van der Waals surface area contributed by atoms with Gasteiger partial charge in [-0.3, -0.25) is 9.59 Å². The zero-order valence-corrected chi connectivity index (χ0v) is 13.5. The third-order valence-corrected chi connectivity index (χ3v) is 3.27. The van der Waals surface area contributed by atoms with Crippen LogP contribution in [0.25, 0.3) is 0 Å². The third-order valence-electron chi connectivity index (χ3n) is 3.27. The molecule has 2 aromatic rings. The maximum Gasteiger partial charge on any atom is 0.248 e. The Labute approximate surface area is 139 Å². The van der Waals surface area contributed by atoms with Crippen molar-refractivity contribution in [2.24, 2.45) is 5.73 Å². The molecule has 24 heavy (non-hydrogen) atoms. The van der Waals surface area contributed by atoms with Crippen LogP contribution in [0, 0.1) is 0 Å². The molecule has 0 aromatic heterocycles. The molecular weight excluding hydrogens is 310 g/mol. The summed E-state index contributed by atoms with van der Waals surface area (Å²) in [6, 6.07) is 11.7. The van der Waals surface area contributed by atoms with Crippen molar-refractivity contribution in [3.8, 4) is 11.5 Å². The molecule has 0 unspecified atom stereocenters. The average Bonchev–Trinajstić information content (AvgIpc) is 2.60. The predicted octanol–water partition coefficient (Wildman–Crippen LogP) is 1.85. The van der Waals surface area contributed by atoms with E-state index >= 15 is 0 Å². The molecule has 7 nitrogen and oxygen atoms in total. The predicted molar refractivity (Wildman–Crippen MR) is 91.6 cm³/mol. The van der Waals surface area contributed by atoms with Crippen LogP contribution in [-0.4, -0.2) is 32.6 Å². The zero-order chi connectivity index (χ0) is 17.5. The van der Waals surface area contributed by atoms with Gasteiger partial charge in [-0.25, -0.2) is 0 Å². The van der Waals surface area contributed by atoms with E-state index in [4.69, 9.17) is 15.2 Å². The molecule has 0 aliphatic carbocycles. The fourth-order valence-corrected chi connectivity index (χ4v) is 2.08. The first-order valence-corrected chi connectivity index (χ1v) is 7.19. The number of rotatable bonds is 7. The number of nitrogens with two attached hydrogens (primary N) is 1. The lowest BCUT2D eigenvalue weighted by Crippen LogP contribution is -2.22. The molecule has 7 heteroatoms. The Kier molecular flexibility index (Phi) is 5.62. The maximum atomic E-state index is 12.0. The molecular formula is C17H19N3O4. The van der Waals surface area contributed by atoms with Gasteiger partial charge in [0.05, 0.1) is 20.8 Å². The van der Waals surface area contributed by atoms with E-state index in [1.54, 1.807) is 49.6 Å². The average molecular weight is 329 g/mol. The highest BCUT2D eigenvalue weighted by atomic mass is 16.5. The highest BCUT2D eigenvalue weighted by Crippen LogP contribution is 2.29. The van der Waals surface area contributed by atoms with E-state index in [-0.39, 0.29) is 12.5 Å². The smallest absolute Gasteiger partial charge is 0.248 e. The van der Waals surface area contributed by atoms with E-state index in [0.717, 1.165) is 0 Å². The summed E-state index contributed by atoms with van der Waals surface area (Å²) >= 11 is 0. The fraction of sp³-hybridized carbons (Fsp3) is 0.176. The number of primary amides is 1. The molecule has 0 spiro atoms. The van der Waals surface area contributed by atoms with Gasteiger partial charge in [-0.1, -0.05) is 6.07 Å². The minimum Gasteiger partial charge on any atom is -0.493 e. The van der Waals surface area contributed by atoms with Crippen molar-refractivity contribution >= 4 is 23.2 Å². The van der Waals surface area contributed by atoms with E-state index in [1.165, 1.54) is 7.11 Å². The van der Waals surface area contributed by atoms with E-state index < -0.39 is 5.91 Å². The van der Waals surface area contributed by atoms with E-state index in [0.29, 0.717) is 28.4 Å². The number of methoxy groups -OCH3 is 2. The van der Waals surface area contributed by atoms with Gasteiger partial charge in [-0.2, -0.15) is 0 Å². The van der Waals surface area contributed by atoms with Crippen molar-refractivity contribution in [1.29, 1.82) is 0 Å². The minimum absolute atomic E-state index is 0.0383. The van der Waals surface area contributed by atoms with Crippen molar-refractivity contribution in [3.05, 3.63) is 48.0 Å². The first-order valence-electron chi connectivity index (χ1n) is 7.19. The number of carbonyl (C=O) groups is 2. The number of benzene rings is 2. The summed E-state index contributed by atoms with van der Waals surface area (Å²) in [6.45, 7) is 0.0383. The molecule has 0 heterocycles.